The third-order valence-corrected chi connectivity index (χ3v) is 5.52. The first-order valence-electron chi connectivity index (χ1n) is 9.93. The minimum Gasteiger partial charge on any atom is -0.370 e. The van der Waals surface area contributed by atoms with E-state index < -0.39 is 0 Å². The number of hydrogen-bond donors (Lipinski definition) is 0. The van der Waals surface area contributed by atoms with Crippen LogP contribution in [0.25, 0.3) is 0 Å². The molecule has 0 unspecified atom stereocenters. The maximum absolute atomic E-state index is 8.93. The molecule has 2 fully saturated rings. The molecule has 2 atom stereocenters. The van der Waals surface area contributed by atoms with Crippen LogP contribution in [0.2, 0.25) is 0 Å². The van der Waals surface area contributed by atoms with Crippen LogP contribution in [0.1, 0.15) is 49.7 Å². The molecule has 4 heteroatoms. The summed E-state index contributed by atoms with van der Waals surface area (Å²) < 4.78 is 17.6. The monoisotopic (exact) mass is 367 g/mol. The Kier molecular flexibility index (Phi) is 7.65. The van der Waals surface area contributed by atoms with Gasteiger partial charge in [-0.1, -0.05) is 36.4 Å². The van der Waals surface area contributed by atoms with Crippen molar-refractivity contribution < 1.29 is 14.2 Å². The average molecular weight is 367 g/mol. The van der Waals surface area contributed by atoms with E-state index in [2.05, 4.69) is 18.2 Å². The normalized spacial score (nSPS) is 29.2. The molecule has 1 saturated carbocycles. The zero-order chi connectivity index (χ0) is 18.9. The number of benzene rings is 1. The summed E-state index contributed by atoms with van der Waals surface area (Å²) in [7, 11) is 0. The van der Waals surface area contributed by atoms with Crippen molar-refractivity contribution in [1.29, 1.82) is 5.26 Å². The molecular weight excluding hydrogens is 338 g/mol. The van der Waals surface area contributed by atoms with E-state index in [0.29, 0.717) is 31.7 Å². The van der Waals surface area contributed by atoms with Crippen molar-refractivity contribution in [3.05, 3.63) is 59.7 Å². The van der Waals surface area contributed by atoms with Crippen molar-refractivity contribution >= 4 is 0 Å². The molecule has 0 amide bonds. The molecule has 0 bridgehead atoms. The maximum Gasteiger partial charge on any atom is 0.181 e. The van der Waals surface area contributed by atoms with Crippen LogP contribution in [0.3, 0.4) is 0 Å². The van der Waals surface area contributed by atoms with Crippen LogP contribution in [0.15, 0.2) is 48.6 Å². The summed E-state index contributed by atoms with van der Waals surface area (Å²) in [6.07, 6.45) is 12.5. The number of rotatable bonds is 6. The Hall–Kier alpha value is -1.93. The van der Waals surface area contributed by atoms with Crippen LogP contribution >= 0.6 is 0 Å². The first-order valence-corrected chi connectivity index (χ1v) is 9.93. The van der Waals surface area contributed by atoms with Gasteiger partial charge in [-0.2, -0.15) is 5.26 Å². The zero-order valence-electron chi connectivity index (χ0n) is 16.0. The van der Waals surface area contributed by atoms with Gasteiger partial charge in [0.1, 0.15) is 0 Å². The first-order chi connectivity index (χ1) is 13.3. The lowest BCUT2D eigenvalue weighted by molar-refractivity contribution is -0.240. The summed E-state index contributed by atoms with van der Waals surface area (Å²) in [6.45, 7) is 3.66. The average Bonchev–Trinajstić information content (AvgIpc) is 2.74. The molecule has 27 heavy (non-hydrogen) atoms. The van der Waals surface area contributed by atoms with Crippen LogP contribution in [0, 0.1) is 17.2 Å². The summed E-state index contributed by atoms with van der Waals surface area (Å²) in [5.41, 5.74) is 2.09. The predicted molar refractivity (Wildman–Crippen MR) is 105 cm³/mol. The largest absolute Gasteiger partial charge is 0.370 e. The van der Waals surface area contributed by atoms with Crippen molar-refractivity contribution in [3.8, 4) is 6.07 Å². The zero-order valence-corrected chi connectivity index (χ0v) is 16.0. The van der Waals surface area contributed by atoms with E-state index in [-0.39, 0.29) is 12.4 Å². The van der Waals surface area contributed by atoms with E-state index in [4.69, 9.17) is 19.5 Å². The maximum atomic E-state index is 8.93. The number of nitrogens with zero attached hydrogens (tertiary/aromatic N) is 1. The SMILES string of the molecule is CC=CC=CCO[C@H]1CO[C@H](C2CCC(c3ccc(C#N)cc3)CC2)CO1. The van der Waals surface area contributed by atoms with Gasteiger partial charge >= 0.3 is 0 Å². The Morgan fingerprint density at radius 3 is 2.48 bits per heavy atom. The van der Waals surface area contributed by atoms with Gasteiger partial charge in [0.15, 0.2) is 6.29 Å². The summed E-state index contributed by atoms with van der Waals surface area (Å²) in [5, 5.41) is 8.93. The highest BCUT2D eigenvalue weighted by atomic mass is 16.7. The number of ether oxygens (including phenoxy) is 3. The molecule has 1 aromatic carbocycles. The molecule has 1 aliphatic carbocycles. The fraction of sp³-hybridized carbons (Fsp3) is 0.522. The molecule has 2 aliphatic rings. The lowest BCUT2D eigenvalue weighted by atomic mass is 9.76. The minimum atomic E-state index is -0.258. The molecule has 1 aromatic rings. The number of hydrogen-bond acceptors (Lipinski definition) is 4. The molecule has 3 rings (SSSR count). The number of nitriles is 1. The van der Waals surface area contributed by atoms with Crippen molar-refractivity contribution in [2.24, 2.45) is 5.92 Å². The molecule has 0 N–H and O–H groups in total. The van der Waals surface area contributed by atoms with Gasteiger partial charge in [-0.25, -0.2) is 0 Å². The van der Waals surface area contributed by atoms with Gasteiger partial charge < -0.3 is 14.2 Å². The quantitative estimate of drug-likeness (QED) is 0.683. The van der Waals surface area contributed by atoms with E-state index in [1.807, 2.05) is 43.4 Å². The molecule has 0 spiro atoms. The third kappa shape index (κ3) is 5.77. The lowest BCUT2D eigenvalue weighted by Gasteiger charge is -2.37. The first kappa shape index (κ1) is 19.8. The highest BCUT2D eigenvalue weighted by Crippen LogP contribution is 2.38. The number of allylic oxidation sites excluding steroid dienone is 3. The van der Waals surface area contributed by atoms with Crippen molar-refractivity contribution in [2.45, 2.75) is 50.9 Å². The predicted octanol–water partition coefficient (Wildman–Crippen LogP) is 4.72. The van der Waals surface area contributed by atoms with E-state index in [1.54, 1.807) is 0 Å². The van der Waals surface area contributed by atoms with Gasteiger partial charge in [-0.3, -0.25) is 0 Å². The topological polar surface area (TPSA) is 51.5 Å². The summed E-state index contributed by atoms with van der Waals surface area (Å²) in [4.78, 5) is 0. The highest BCUT2D eigenvalue weighted by Gasteiger charge is 2.32. The van der Waals surface area contributed by atoms with Crippen LogP contribution in [0.5, 0.6) is 0 Å². The smallest absolute Gasteiger partial charge is 0.181 e. The van der Waals surface area contributed by atoms with E-state index in [9.17, 15) is 0 Å². The van der Waals surface area contributed by atoms with E-state index >= 15 is 0 Å². The van der Waals surface area contributed by atoms with E-state index in [0.717, 1.165) is 18.4 Å². The summed E-state index contributed by atoms with van der Waals surface area (Å²) >= 11 is 0. The minimum absolute atomic E-state index is 0.185. The van der Waals surface area contributed by atoms with Crippen molar-refractivity contribution in [2.75, 3.05) is 19.8 Å². The molecule has 1 saturated heterocycles. The van der Waals surface area contributed by atoms with Crippen LogP contribution in [-0.2, 0) is 14.2 Å². The summed E-state index contributed by atoms with van der Waals surface area (Å²) in [5.74, 6) is 1.16. The van der Waals surface area contributed by atoms with Gasteiger partial charge in [0, 0.05) is 0 Å². The van der Waals surface area contributed by atoms with Gasteiger partial charge in [0.25, 0.3) is 0 Å². The Labute approximate surface area is 162 Å². The second kappa shape index (κ2) is 10.4. The molecule has 0 aromatic heterocycles. The summed E-state index contributed by atoms with van der Waals surface area (Å²) in [6, 6.07) is 10.2. The molecule has 144 valence electrons. The van der Waals surface area contributed by atoms with Crippen LogP contribution in [0.4, 0.5) is 0 Å². The van der Waals surface area contributed by atoms with Gasteiger partial charge in [0.2, 0.25) is 0 Å². The molecular formula is C23H29NO3. The third-order valence-electron chi connectivity index (χ3n) is 5.52. The lowest BCUT2D eigenvalue weighted by Crippen LogP contribution is -2.42. The Morgan fingerprint density at radius 2 is 1.85 bits per heavy atom. The second-order valence-electron chi connectivity index (χ2n) is 7.27. The van der Waals surface area contributed by atoms with Gasteiger partial charge in [-0.15, -0.1) is 0 Å². The Bertz CT molecular complexity index is 658. The van der Waals surface area contributed by atoms with Gasteiger partial charge in [0.05, 0.1) is 37.6 Å². The molecule has 1 aliphatic heterocycles. The second-order valence-corrected chi connectivity index (χ2v) is 7.27. The molecule has 4 nitrogen and oxygen atoms in total. The fourth-order valence-corrected chi connectivity index (χ4v) is 3.93. The van der Waals surface area contributed by atoms with Crippen molar-refractivity contribution in [1.82, 2.24) is 0 Å². The highest BCUT2D eigenvalue weighted by molar-refractivity contribution is 5.33. The Morgan fingerprint density at radius 1 is 1.07 bits per heavy atom. The van der Waals surface area contributed by atoms with Gasteiger partial charge in [-0.05, 0) is 62.1 Å². The standard InChI is InChI=1S/C23H29NO3/c1-2-3-4-5-14-25-23-17-26-22(16-27-23)21-12-10-20(11-13-21)19-8-6-18(15-24)7-9-19/h2-9,20-23H,10-14,16-17H2,1H3/t20?,21?,22-,23+/m0/s1. The van der Waals surface area contributed by atoms with Crippen molar-refractivity contribution in [3.63, 3.8) is 0 Å². The van der Waals surface area contributed by atoms with Crippen LogP contribution in [-0.4, -0.2) is 32.2 Å². The van der Waals surface area contributed by atoms with Crippen LogP contribution < -0.4 is 0 Å². The molecule has 1 heterocycles. The van der Waals surface area contributed by atoms with E-state index in [1.165, 1.54) is 18.4 Å². The fourth-order valence-electron chi connectivity index (χ4n) is 3.93. The Balaban J connectivity index is 1.38. The molecule has 0 radical (unpaired) electrons.